The van der Waals surface area contributed by atoms with Crippen molar-refractivity contribution in [3.63, 3.8) is 0 Å². The molecule has 0 aromatic carbocycles. The van der Waals surface area contributed by atoms with Crippen molar-refractivity contribution < 1.29 is 5.48 Å². The maximum absolute atomic E-state index is 3.12. The van der Waals surface area contributed by atoms with Crippen LogP contribution in [0.15, 0.2) is 18.9 Å². The van der Waals surface area contributed by atoms with Gasteiger partial charge in [-0.15, -0.1) is 5.73 Å². The third-order valence-electron chi connectivity index (χ3n) is 0. The zero-order chi connectivity index (χ0) is 2.71. The lowest BCUT2D eigenvalue weighted by molar-refractivity contribution is 0.824. The van der Waals surface area contributed by atoms with Crippen LogP contribution in [0.3, 0.4) is 0 Å². The Hall–Kier alpha value is -0.520. The number of rotatable bonds is 0. The van der Waals surface area contributed by atoms with Crippen molar-refractivity contribution in [3.8, 4) is 0 Å². The summed E-state index contributed by atoms with van der Waals surface area (Å²) in [7, 11) is 0. The van der Waals surface area contributed by atoms with Crippen molar-refractivity contribution >= 4 is 0 Å². The van der Waals surface area contributed by atoms with Crippen molar-refractivity contribution in [1.82, 2.24) is 0 Å². The highest BCUT2D eigenvalue weighted by Crippen LogP contribution is 1.16. The maximum Gasteiger partial charge on any atom is -0.0572 e. The van der Waals surface area contributed by atoms with Gasteiger partial charge in [-0.05, 0) is 0 Å². The number of hydrogen-bond donors (Lipinski definition) is 0. The average molecular weight is 90.2 g/mol. The van der Waals surface area contributed by atoms with Crippen LogP contribution in [-0.2, 0) is 0 Å². The third kappa shape index (κ3) is 79.2. The average Bonchev–Trinajstić information content (AvgIpc) is 0.918. The van der Waals surface area contributed by atoms with E-state index in [4.69, 9.17) is 0 Å². The summed E-state index contributed by atoms with van der Waals surface area (Å²) >= 11 is 0. The van der Waals surface area contributed by atoms with Crippen molar-refractivity contribution in [3.05, 3.63) is 18.9 Å². The van der Waals surface area contributed by atoms with Gasteiger partial charge in [0.1, 0.15) is 0 Å². The smallest absolute Gasteiger partial charge is 0.0572 e. The molecule has 0 fully saturated rings. The van der Waals surface area contributed by atoms with Gasteiger partial charge in [0.15, 0.2) is 0 Å². The van der Waals surface area contributed by atoms with Crippen LogP contribution in [0.2, 0.25) is 0 Å². The first-order valence-electron chi connectivity index (χ1n) is 0.707. The summed E-state index contributed by atoms with van der Waals surface area (Å²) in [6, 6.07) is 0. The van der Waals surface area contributed by atoms with E-state index < -0.39 is 0 Å². The predicted molar refractivity (Wildman–Crippen MR) is 31.8 cm³/mol. The molecule has 1 heteroatoms. The second kappa shape index (κ2) is 235. The summed E-state index contributed by atoms with van der Waals surface area (Å²) in [5, 5.41) is 0. The molecule has 0 aliphatic heterocycles. The van der Waals surface area contributed by atoms with E-state index >= 15 is 0 Å². The molecule has 0 amide bonds. The lowest BCUT2D eigenvalue weighted by atomic mass is 11.0. The monoisotopic (exact) mass is 90.1 g/mol. The summed E-state index contributed by atoms with van der Waals surface area (Å²) in [6.07, 6.45) is 0. The van der Waals surface area contributed by atoms with E-state index in [-0.39, 0.29) is 20.3 Å². The van der Waals surface area contributed by atoms with Crippen LogP contribution in [0.25, 0.3) is 0 Å². The Morgan fingerprint density at radius 2 is 1.00 bits per heavy atom. The molecule has 0 rings (SSSR count). The summed E-state index contributed by atoms with van der Waals surface area (Å²) in [6.45, 7) is 6.25. The fraction of sp³-hybridized carbons (Fsp3) is 0.400. The Morgan fingerprint density at radius 1 is 1.00 bits per heavy atom. The standard InChI is InChI=1S/C3H4.2CH4.H2O/c1-3-2;;;/h1-2H2;2*1H4;1H2. The Balaban J connectivity index is -0.00000000667. The molecule has 0 heterocycles. The van der Waals surface area contributed by atoms with E-state index in [1.807, 2.05) is 0 Å². The van der Waals surface area contributed by atoms with E-state index in [0.717, 1.165) is 0 Å². The van der Waals surface area contributed by atoms with Gasteiger partial charge in [-0.25, -0.2) is 0 Å². The van der Waals surface area contributed by atoms with Crippen molar-refractivity contribution in [1.29, 1.82) is 0 Å². The van der Waals surface area contributed by atoms with Gasteiger partial charge in [-0.2, -0.15) is 0 Å². The van der Waals surface area contributed by atoms with Gasteiger partial charge in [-0.1, -0.05) is 28.0 Å². The van der Waals surface area contributed by atoms with Crippen LogP contribution >= 0.6 is 0 Å². The van der Waals surface area contributed by atoms with Gasteiger partial charge in [0.05, 0.1) is 0 Å². The Labute approximate surface area is 40.3 Å². The molecule has 0 atom stereocenters. The molecule has 0 aromatic rings. The van der Waals surface area contributed by atoms with Crippen LogP contribution in [0.4, 0.5) is 0 Å². The molecule has 6 heavy (non-hydrogen) atoms. The minimum Gasteiger partial charge on any atom is -0.412 e. The zero-order valence-corrected chi connectivity index (χ0v) is 2.41. The fourth-order valence-electron chi connectivity index (χ4n) is 0. The molecule has 0 spiro atoms. The molecule has 0 saturated carbocycles. The molecule has 0 saturated heterocycles. The molecule has 2 N–H and O–H groups in total. The second-order valence-electron chi connectivity index (χ2n) is 0.250. The first-order chi connectivity index (χ1) is 1.41. The van der Waals surface area contributed by atoms with E-state index in [2.05, 4.69) is 18.9 Å². The minimum atomic E-state index is 0. The predicted octanol–water partition coefficient (Wildman–Crippen LogP) is 1.40. The van der Waals surface area contributed by atoms with Gasteiger partial charge in [-0.3, -0.25) is 0 Å². The highest BCUT2D eigenvalue weighted by Gasteiger charge is 0.904. The molecule has 0 aromatic heterocycles. The second-order valence-corrected chi connectivity index (χ2v) is 0.250. The molecular formula is C5H14O. The molecule has 0 unspecified atom stereocenters. The first kappa shape index (κ1) is 50.2. The van der Waals surface area contributed by atoms with Gasteiger partial charge in [0.25, 0.3) is 0 Å². The van der Waals surface area contributed by atoms with Crippen LogP contribution in [0, 0.1) is 0 Å². The summed E-state index contributed by atoms with van der Waals surface area (Å²) in [4.78, 5) is 0. The SMILES string of the molecule is C.C.C=C=C.O. The summed E-state index contributed by atoms with van der Waals surface area (Å²) < 4.78 is 0. The van der Waals surface area contributed by atoms with Crippen LogP contribution in [-0.4, -0.2) is 5.48 Å². The quantitative estimate of drug-likeness (QED) is 0.403. The highest BCUT2D eigenvalue weighted by atomic mass is 16.0. The van der Waals surface area contributed by atoms with Crippen molar-refractivity contribution in [2.75, 3.05) is 0 Å². The number of hydrogen-bond acceptors (Lipinski definition) is 0. The van der Waals surface area contributed by atoms with E-state index in [1.165, 1.54) is 0 Å². The molecule has 1 nitrogen and oxygen atoms in total. The van der Waals surface area contributed by atoms with Gasteiger partial charge in [0.2, 0.25) is 0 Å². The van der Waals surface area contributed by atoms with E-state index in [9.17, 15) is 0 Å². The molecule has 0 radical (unpaired) electrons. The normalized spacial score (nSPS) is 1.33. The van der Waals surface area contributed by atoms with Gasteiger partial charge >= 0.3 is 0 Å². The van der Waals surface area contributed by atoms with E-state index in [0.29, 0.717) is 0 Å². The zero-order valence-electron chi connectivity index (χ0n) is 2.41. The largest absolute Gasteiger partial charge is 0.412 e. The van der Waals surface area contributed by atoms with Crippen molar-refractivity contribution in [2.45, 2.75) is 14.9 Å². The lowest BCUT2D eigenvalue weighted by Crippen LogP contribution is -0.844. The Bertz CT molecular complexity index is 24.9. The third-order valence-corrected chi connectivity index (χ3v) is 0. The van der Waals surface area contributed by atoms with E-state index in [1.54, 1.807) is 0 Å². The fourth-order valence-corrected chi connectivity index (χ4v) is 0. The van der Waals surface area contributed by atoms with Gasteiger partial charge in [0, 0.05) is 0 Å². The molecule has 40 valence electrons. The molecule has 0 bridgehead atoms. The minimum absolute atomic E-state index is 0. The first-order valence-corrected chi connectivity index (χ1v) is 0.707. The Morgan fingerprint density at radius 3 is 1.00 bits per heavy atom. The lowest BCUT2D eigenvalue weighted by Gasteiger charge is -1.10. The molecule has 0 aliphatic carbocycles. The maximum atomic E-state index is 3.12. The summed E-state index contributed by atoms with van der Waals surface area (Å²) in [5.74, 6) is 0. The highest BCUT2D eigenvalue weighted by molar-refractivity contribution is 4.51. The summed E-state index contributed by atoms with van der Waals surface area (Å²) in [5.41, 5.74) is 2.25. The van der Waals surface area contributed by atoms with Crippen molar-refractivity contribution in [2.24, 2.45) is 0 Å². The van der Waals surface area contributed by atoms with Crippen LogP contribution in [0.1, 0.15) is 14.9 Å². The topological polar surface area (TPSA) is 31.5 Å². The molecule has 0 aliphatic rings. The van der Waals surface area contributed by atoms with Crippen LogP contribution in [0.5, 0.6) is 0 Å². The van der Waals surface area contributed by atoms with Gasteiger partial charge < -0.3 is 5.48 Å². The van der Waals surface area contributed by atoms with Crippen LogP contribution < -0.4 is 0 Å². The molecular weight excluding hydrogens is 76.1 g/mol. The Kier molecular flexibility index (Phi) is 1970.